The van der Waals surface area contributed by atoms with Crippen LogP contribution >= 0.6 is 0 Å². The summed E-state index contributed by atoms with van der Waals surface area (Å²) in [6.45, 7) is 0. The van der Waals surface area contributed by atoms with Gasteiger partial charge in [0.05, 0.1) is 21.0 Å². The van der Waals surface area contributed by atoms with Gasteiger partial charge in [-0.3, -0.25) is 20.2 Å². The average Bonchev–Trinajstić information content (AvgIpc) is 2.74. The summed E-state index contributed by atoms with van der Waals surface area (Å²) in [4.78, 5) is 45.1. The molecule has 0 saturated heterocycles. The normalized spacial score (nSPS) is 10.1. The number of carbonyl (C=O) groups excluding carboxylic acids is 2. The standard InChI is InChI=1S/C20H12N2O8/c23-19(29-17-7-3-1-5-15(17)21(25)26)13-9-11-14(12-10-13)20(24)30-18-8-4-2-6-16(18)22(27)28/h1-12H. The number of rotatable bonds is 6. The summed E-state index contributed by atoms with van der Waals surface area (Å²) in [7, 11) is 0. The van der Waals surface area contributed by atoms with Crippen molar-refractivity contribution in [1.29, 1.82) is 0 Å². The fourth-order valence-corrected chi connectivity index (χ4v) is 2.45. The van der Waals surface area contributed by atoms with Crippen molar-refractivity contribution in [3.8, 4) is 11.5 Å². The highest BCUT2D eigenvalue weighted by molar-refractivity contribution is 5.95. The Bertz CT molecular complexity index is 1050. The molecule has 0 radical (unpaired) electrons. The highest BCUT2D eigenvalue weighted by Gasteiger charge is 2.20. The zero-order valence-electron chi connectivity index (χ0n) is 15.1. The maximum atomic E-state index is 12.2. The number of esters is 2. The number of carbonyl (C=O) groups is 2. The monoisotopic (exact) mass is 408 g/mol. The molecule has 0 atom stereocenters. The van der Waals surface area contributed by atoms with Crippen molar-refractivity contribution in [3.05, 3.63) is 104 Å². The van der Waals surface area contributed by atoms with Crippen LogP contribution in [-0.4, -0.2) is 21.8 Å². The van der Waals surface area contributed by atoms with Crippen molar-refractivity contribution in [2.45, 2.75) is 0 Å². The van der Waals surface area contributed by atoms with Gasteiger partial charge in [-0.1, -0.05) is 24.3 Å². The third kappa shape index (κ3) is 4.44. The van der Waals surface area contributed by atoms with Crippen LogP contribution in [0.4, 0.5) is 11.4 Å². The second-order valence-corrected chi connectivity index (χ2v) is 5.81. The van der Waals surface area contributed by atoms with E-state index >= 15 is 0 Å². The minimum Gasteiger partial charge on any atom is -0.416 e. The summed E-state index contributed by atoms with van der Waals surface area (Å²) in [5.41, 5.74) is -0.656. The largest absolute Gasteiger partial charge is 0.416 e. The van der Waals surface area contributed by atoms with Crippen molar-refractivity contribution in [2.24, 2.45) is 0 Å². The van der Waals surface area contributed by atoms with E-state index in [1.165, 1.54) is 72.8 Å². The fourth-order valence-electron chi connectivity index (χ4n) is 2.45. The maximum absolute atomic E-state index is 12.2. The number of hydrogen-bond acceptors (Lipinski definition) is 8. The zero-order chi connectivity index (χ0) is 21.7. The minimum atomic E-state index is -0.858. The SMILES string of the molecule is O=C(Oc1ccccc1[N+](=O)[O-])c1ccc(C(=O)Oc2ccccc2[N+](=O)[O-])cc1. The van der Waals surface area contributed by atoms with Crippen molar-refractivity contribution in [2.75, 3.05) is 0 Å². The van der Waals surface area contributed by atoms with Crippen molar-refractivity contribution < 1.29 is 28.9 Å². The van der Waals surface area contributed by atoms with Crippen LogP contribution in [0.5, 0.6) is 11.5 Å². The van der Waals surface area contributed by atoms with E-state index < -0.39 is 21.8 Å². The molecule has 10 nitrogen and oxygen atoms in total. The Hall–Kier alpha value is -4.60. The third-order valence-corrected chi connectivity index (χ3v) is 3.89. The lowest BCUT2D eigenvalue weighted by Gasteiger charge is -2.07. The van der Waals surface area contributed by atoms with E-state index in [9.17, 15) is 29.8 Å². The molecule has 10 heteroatoms. The van der Waals surface area contributed by atoms with Gasteiger partial charge in [0.2, 0.25) is 11.5 Å². The van der Waals surface area contributed by atoms with Gasteiger partial charge in [0.15, 0.2) is 0 Å². The van der Waals surface area contributed by atoms with E-state index in [1.807, 2.05) is 0 Å². The molecule has 0 saturated carbocycles. The second-order valence-electron chi connectivity index (χ2n) is 5.81. The Kier molecular flexibility index (Phi) is 5.78. The molecule has 30 heavy (non-hydrogen) atoms. The molecular formula is C20H12N2O8. The molecule has 3 aromatic rings. The molecule has 0 heterocycles. The lowest BCUT2D eigenvalue weighted by molar-refractivity contribution is -0.385. The van der Waals surface area contributed by atoms with Crippen LogP contribution in [-0.2, 0) is 0 Å². The van der Waals surface area contributed by atoms with Crippen LogP contribution in [0, 0.1) is 20.2 Å². The van der Waals surface area contributed by atoms with Gasteiger partial charge in [0.25, 0.3) is 0 Å². The van der Waals surface area contributed by atoms with E-state index in [0.29, 0.717) is 0 Å². The Morgan fingerprint density at radius 3 is 1.27 bits per heavy atom. The predicted octanol–water partition coefficient (Wildman–Crippen LogP) is 3.94. The average molecular weight is 408 g/mol. The highest BCUT2D eigenvalue weighted by atomic mass is 16.6. The van der Waals surface area contributed by atoms with Gasteiger partial charge in [0, 0.05) is 12.1 Å². The molecule has 0 unspecified atom stereocenters. The minimum absolute atomic E-state index is 0.0374. The second kappa shape index (κ2) is 8.61. The third-order valence-electron chi connectivity index (χ3n) is 3.89. The van der Waals surface area contributed by atoms with Gasteiger partial charge in [-0.15, -0.1) is 0 Å². The molecule has 0 aliphatic rings. The predicted molar refractivity (Wildman–Crippen MR) is 103 cm³/mol. The van der Waals surface area contributed by atoms with Crippen LogP contribution in [0.1, 0.15) is 20.7 Å². The molecule has 0 aliphatic heterocycles. The van der Waals surface area contributed by atoms with E-state index in [2.05, 4.69) is 0 Å². The number of nitro groups is 2. The van der Waals surface area contributed by atoms with E-state index in [4.69, 9.17) is 9.47 Å². The van der Waals surface area contributed by atoms with Gasteiger partial charge in [-0.05, 0) is 36.4 Å². The molecule has 0 aliphatic carbocycles. The van der Waals surface area contributed by atoms with Gasteiger partial charge >= 0.3 is 23.3 Å². The number of benzene rings is 3. The van der Waals surface area contributed by atoms with Crippen LogP contribution in [0.25, 0.3) is 0 Å². The number of hydrogen-bond donors (Lipinski definition) is 0. The molecule has 0 aromatic heterocycles. The molecule has 0 spiro atoms. The van der Waals surface area contributed by atoms with Crippen molar-refractivity contribution >= 4 is 23.3 Å². The maximum Gasteiger partial charge on any atom is 0.343 e. The Labute approximate surface area is 168 Å². The molecule has 0 fully saturated rings. The Balaban J connectivity index is 1.74. The first-order valence-corrected chi connectivity index (χ1v) is 8.38. The van der Waals surface area contributed by atoms with Crippen molar-refractivity contribution in [3.63, 3.8) is 0 Å². The molecule has 150 valence electrons. The highest BCUT2D eigenvalue weighted by Crippen LogP contribution is 2.28. The molecule has 3 aromatic carbocycles. The molecule has 0 amide bonds. The number of para-hydroxylation sites is 4. The first-order chi connectivity index (χ1) is 14.4. The number of nitro benzene ring substituents is 2. The van der Waals surface area contributed by atoms with Gasteiger partial charge in [-0.25, -0.2) is 9.59 Å². The number of ether oxygens (including phenoxy) is 2. The fraction of sp³-hybridized carbons (Fsp3) is 0. The zero-order valence-corrected chi connectivity index (χ0v) is 15.1. The lowest BCUT2D eigenvalue weighted by Crippen LogP contribution is -2.12. The molecule has 3 rings (SSSR count). The summed E-state index contributed by atoms with van der Waals surface area (Å²) < 4.78 is 10.1. The van der Waals surface area contributed by atoms with E-state index in [1.54, 1.807) is 0 Å². The topological polar surface area (TPSA) is 139 Å². The van der Waals surface area contributed by atoms with E-state index in [0.717, 1.165) is 0 Å². The first-order valence-electron chi connectivity index (χ1n) is 8.38. The Morgan fingerprint density at radius 1 is 0.600 bits per heavy atom. The Morgan fingerprint density at radius 2 is 0.933 bits per heavy atom. The summed E-state index contributed by atoms with van der Waals surface area (Å²) in [6, 6.07) is 15.9. The summed E-state index contributed by atoms with van der Waals surface area (Å²) in [6.07, 6.45) is 0. The molecule has 0 N–H and O–H groups in total. The van der Waals surface area contributed by atoms with Gasteiger partial charge in [-0.2, -0.15) is 0 Å². The summed E-state index contributed by atoms with van der Waals surface area (Å²) >= 11 is 0. The van der Waals surface area contributed by atoms with Crippen LogP contribution in [0.3, 0.4) is 0 Å². The van der Waals surface area contributed by atoms with Gasteiger partial charge < -0.3 is 9.47 Å². The summed E-state index contributed by atoms with van der Waals surface area (Å²) in [5.74, 6) is -2.15. The molecule has 0 bridgehead atoms. The van der Waals surface area contributed by atoms with Crippen LogP contribution in [0.2, 0.25) is 0 Å². The van der Waals surface area contributed by atoms with E-state index in [-0.39, 0.29) is 34.0 Å². The first kappa shape index (κ1) is 20.1. The van der Waals surface area contributed by atoms with Crippen LogP contribution in [0.15, 0.2) is 72.8 Å². The van der Waals surface area contributed by atoms with Crippen LogP contribution < -0.4 is 9.47 Å². The quantitative estimate of drug-likeness (QED) is 0.259. The summed E-state index contributed by atoms with van der Waals surface area (Å²) in [5, 5.41) is 22.0. The van der Waals surface area contributed by atoms with Crippen molar-refractivity contribution in [1.82, 2.24) is 0 Å². The number of nitrogens with zero attached hydrogens (tertiary/aromatic N) is 2. The van der Waals surface area contributed by atoms with Gasteiger partial charge in [0.1, 0.15) is 0 Å². The smallest absolute Gasteiger partial charge is 0.343 e. The lowest BCUT2D eigenvalue weighted by atomic mass is 10.1. The molecular weight excluding hydrogens is 396 g/mol.